The van der Waals surface area contributed by atoms with Gasteiger partial charge in [0.1, 0.15) is 11.4 Å². The summed E-state index contributed by atoms with van der Waals surface area (Å²) in [5, 5.41) is 0. The number of hydrogen-bond acceptors (Lipinski definition) is 6. The zero-order valence-electron chi connectivity index (χ0n) is 16.9. The summed E-state index contributed by atoms with van der Waals surface area (Å²) < 4.78 is 16.1. The van der Waals surface area contributed by atoms with Crippen LogP contribution in [0.5, 0.6) is 5.75 Å². The molecule has 3 rings (SSSR count). The molecule has 0 aliphatic carbocycles. The van der Waals surface area contributed by atoms with Crippen LogP contribution in [0.15, 0.2) is 30.0 Å². The smallest absolute Gasteiger partial charge is 0.277 e. The van der Waals surface area contributed by atoms with Crippen LogP contribution >= 0.6 is 0 Å². The van der Waals surface area contributed by atoms with Crippen molar-refractivity contribution in [3.8, 4) is 5.75 Å². The van der Waals surface area contributed by atoms with Crippen molar-refractivity contribution in [1.29, 1.82) is 0 Å². The average molecular weight is 388 g/mol. The van der Waals surface area contributed by atoms with E-state index in [1.807, 2.05) is 30.9 Å². The fourth-order valence-corrected chi connectivity index (χ4v) is 3.81. The Hall–Kier alpha value is -2.38. The Morgan fingerprint density at radius 3 is 2.25 bits per heavy atom. The van der Waals surface area contributed by atoms with Crippen molar-refractivity contribution < 1.29 is 23.8 Å². The summed E-state index contributed by atoms with van der Waals surface area (Å²) in [4.78, 5) is 29.8. The van der Waals surface area contributed by atoms with Crippen molar-refractivity contribution in [2.75, 3.05) is 40.5 Å². The van der Waals surface area contributed by atoms with Gasteiger partial charge in [-0.2, -0.15) is 0 Å². The van der Waals surface area contributed by atoms with E-state index in [0.717, 1.165) is 5.56 Å². The third-order valence-electron chi connectivity index (χ3n) is 4.99. The number of rotatable bonds is 7. The van der Waals surface area contributed by atoms with E-state index in [0.29, 0.717) is 49.7 Å². The van der Waals surface area contributed by atoms with Gasteiger partial charge in [-0.25, -0.2) is 0 Å². The van der Waals surface area contributed by atoms with E-state index in [4.69, 9.17) is 14.2 Å². The van der Waals surface area contributed by atoms with Crippen LogP contribution in [0, 0.1) is 0 Å². The summed E-state index contributed by atoms with van der Waals surface area (Å²) in [6, 6.07) is 7.25. The Bertz CT molecular complexity index is 749. The van der Waals surface area contributed by atoms with E-state index in [9.17, 15) is 9.59 Å². The van der Waals surface area contributed by atoms with Crippen molar-refractivity contribution in [1.82, 2.24) is 9.80 Å². The number of ether oxygens (including phenoxy) is 3. The summed E-state index contributed by atoms with van der Waals surface area (Å²) in [5.74, 6) is 0.203. The quantitative estimate of drug-likeness (QED) is 0.525. The molecule has 2 amide bonds. The molecule has 2 atom stereocenters. The van der Waals surface area contributed by atoms with Crippen LogP contribution in [-0.4, -0.2) is 74.3 Å². The first-order chi connectivity index (χ1) is 13.5. The van der Waals surface area contributed by atoms with E-state index in [-0.39, 0.29) is 24.0 Å². The maximum atomic E-state index is 13.2. The molecule has 1 saturated heterocycles. The maximum Gasteiger partial charge on any atom is 0.277 e. The second-order valence-electron chi connectivity index (χ2n) is 7.22. The van der Waals surface area contributed by atoms with Crippen molar-refractivity contribution in [3.05, 3.63) is 35.5 Å². The normalized spacial score (nSPS) is 23.0. The lowest BCUT2D eigenvalue weighted by molar-refractivity contribution is -0.138. The zero-order valence-corrected chi connectivity index (χ0v) is 16.9. The number of nitrogens with zero attached hydrogens (tertiary/aromatic N) is 2. The van der Waals surface area contributed by atoms with E-state index in [2.05, 4.69) is 0 Å². The molecule has 0 saturated carbocycles. The second-order valence-corrected chi connectivity index (χ2v) is 7.22. The van der Waals surface area contributed by atoms with Crippen LogP contribution in [0.4, 0.5) is 0 Å². The number of benzene rings is 1. The first kappa shape index (κ1) is 20.4. The Kier molecular flexibility index (Phi) is 6.36. The highest BCUT2D eigenvalue weighted by molar-refractivity contribution is 6.35. The van der Waals surface area contributed by atoms with Crippen molar-refractivity contribution in [2.24, 2.45) is 0 Å². The third-order valence-corrected chi connectivity index (χ3v) is 4.99. The molecule has 1 fully saturated rings. The summed E-state index contributed by atoms with van der Waals surface area (Å²) >= 11 is 0. The third kappa shape index (κ3) is 4.05. The molecule has 1 aromatic carbocycles. The van der Waals surface area contributed by atoms with Crippen LogP contribution in [0.2, 0.25) is 0 Å². The summed E-state index contributed by atoms with van der Waals surface area (Å²) in [7, 11) is 3.20. The molecule has 2 aliphatic heterocycles. The molecule has 2 unspecified atom stereocenters. The monoisotopic (exact) mass is 388 g/mol. The van der Waals surface area contributed by atoms with Crippen LogP contribution < -0.4 is 4.74 Å². The van der Waals surface area contributed by atoms with Gasteiger partial charge < -0.3 is 19.1 Å². The van der Waals surface area contributed by atoms with Crippen LogP contribution in [0.25, 0.3) is 5.57 Å². The number of imide groups is 1. The SMILES string of the molecule is COCCCN1C(=O)C(c2ccc(OC)cc2)=C(N2CC(C)OC(C)C2)C1=O. The van der Waals surface area contributed by atoms with Crippen LogP contribution in [0.1, 0.15) is 25.8 Å². The molecule has 7 nitrogen and oxygen atoms in total. The zero-order chi connectivity index (χ0) is 20.3. The molecule has 0 spiro atoms. The van der Waals surface area contributed by atoms with E-state index >= 15 is 0 Å². The summed E-state index contributed by atoms with van der Waals surface area (Å²) in [6.07, 6.45) is 0.574. The molecule has 0 radical (unpaired) electrons. The molecule has 0 aromatic heterocycles. The van der Waals surface area contributed by atoms with E-state index < -0.39 is 0 Å². The number of carbonyl (C=O) groups excluding carboxylic acids is 2. The largest absolute Gasteiger partial charge is 0.497 e. The van der Waals surface area contributed by atoms with E-state index in [1.165, 1.54) is 4.90 Å². The molecule has 7 heteroatoms. The van der Waals surface area contributed by atoms with Gasteiger partial charge in [0.15, 0.2) is 0 Å². The highest BCUT2D eigenvalue weighted by Crippen LogP contribution is 2.34. The van der Waals surface area contributed by atoms with Gasteiger partial charge in [0, 0.05) is 33.4 Å². The molecular formula is C21H28N2O5. The molecule has 0 N–H and O–H groups in total. The van der Waals surface area contributed by atoms with Crippen molar-refractivity contribution in [3.63, 3.8) is 0 Å². The van der Waals surface area contributed by atoms with Gasteiger partial charge in [0.25, 0.3) is 11.8 Å². The number of amides is 2. The van der Waals surface area contributed by atoms with E-state index in [1.54, 1.807) is 26.4 Å². The topological polar surface area (TPSA) is 68.3 Å². The fraction of sp³-hybridized carbons (Fsp3) is 0.524. The fourth-order valence-electron chi connectivity index (χ4n) is 3.81. The Morgan fingerprint density at radius 2 is 1.68 bits per heavy atom. The average Bonchev–Trinajstić information content (AvgIpc) is 2.92. The molecule has 1 aromatic rings. The minimum atomic E-state index is -0.256. The number of methoxy groups -OCH3 is 2. The Morgan fingerprint density at radius 1 is 1.04 bits per heavy atom. The predicted octanol–water partition coefficient (Wildman–Crippen LogP) is 1.92. The lowest BCUT2D eigenvalue weighted by Gasteiger charge is -2.37. The van der Waals surface area contributed by atoms with Gasteiger partial charge in [-0.3, -0.25) is 14.5 Å². The minimum Gasteiger partial charge on any atom is -0.497 e. The van der Waals surface area contributed by atoms with Crippen molar-refractivity contribution in [2.45, 2.75) is 32.5 Å². The van der Waals surface area contributed by atoms with Crippen molar-refractivity contribution >= 4 is 17.4 Å². The Balaban J connectivity index is 1.99. The van der Waals surface area contributed by atoms with Gasteiger partial charge in [0.05, 0.1) is 24.9 Å². The standard InChI is InChI=1S/C21H28N2O5/c1-14-12-22(13-15(2)28-14)19-18(16-6-8-17(27-4)9-7-16)20(24)23(21(19)25)10-5-11-26-3/h6-9,14-15H,5,10-13H2,1-4H3. The van der Waals surface area contributed by atoms with Gasteiger partial charge in [-0.15, -0.1) is 0 Å². The highest BCUT2D eigenvalue weighted by atomic mass is 16.5. The van der Waals surface area contributed by atoms with Gasteiger partial charge in [-0.1, -0.05) is 12.1 Å². The number of hydrogen-bond donors (Lipinski definition) is 0. The van der Waals surface area contributed by atoms with Gasteiger partial charge in [0.2, 0.25) is 0 Å². The molecule has 2 aliphatic rings. The Labute approximate surface area is 165 Å². The van der Waals surface area contributed by atoms with Gasteiger partial charge in [-0.05, 0) is 38.0 Å². The van der Waals surface area contributed by atoms with Crippen LogP contribution in [0.3, 0.4) is 0 Å². The summed E-state index contributed by atoms with van der Waals surface area (Å²) in [5.41, 5.74) is 1.64. The summed E-state index contributed by atoms with van der Waals surface area (Å²) in [6.45, 7) is 5.94. The van der Waals surface area contributed by atoms with Crippen LogP contribution in [-0.2, 0) is 19.1 Å². The highest BCUT2D eigenvalue weighted by Gasteiger charge is 2.42. The molecule has 2 heterocycles. The van der Waals surface area contributed by atoms with Gasteiger partial charge >= 0.3 is 0 Å². The molecular weight excluding hydrogens is 360 g/mol. The maximum absolute atomic E-state index is 13.2. The number of carbonyl (C=O) groups is 2. The lowest BCUT2D eigenvalue weighted by atomic mass is 10.0. The minimum absolute atomic E-state index is 0.0150. The molecule has 152 valence electrons. The molecule has 28 heavy (non-hydrogen) atoms. The first-order valence-corrected chi connectivity index (χ1v) is 9.60. The molecule has 0 bridgehead atoms. The number of morpholine rings is 1. The predicted molar refractivity (Wildman–Crippen MR) is 105 cm³/mol. The lowest BCUT2D eigenvalue weighted by Crippen LogP contribution is -2.47. The first-order valence-electron chi connectivity index (χ1n) is 9.60. The second kappa shape index (κ2) is 8.75.